The summed E-state index contributed by atoms with van der Waals surface area (Å²) >= 11 is 1.52. The van der Waals surface area contributed by atoms with Crippen molar-refractivity contribution in [2.24, 2.45) is 0 Å². The Labute approximate surface area is 196 Å². The topological polar surface area (TPSA) is 58.2 Å². The number of benzene rings is 3. The zero-order valence-corrected chi connectivity index (χ0v) is 18.6. The summed E-state index contributed by atoms with van der Waals surface area (Å²) in [6.45, 7) is 0. The van der Waals surface area contributed by atoms with Crippen LogP contribution in [0.4, 0.5) is 4.39 Å². The highest BCUT2D eigenvalue weighted by molar-refractivity contribution is 7.10. The van der Waals surface area contributed by atoms with E-state index >= 15 is 0 Å². The molecule has 4 nitrogen and oxygen atoms in total. The number of carbonyl (C=O) groups excluding carboxylic acids is 2. The monoisotopic (exact) mass is 458 g/mol. The van der Waals surface area contributed by atoms with Crippen molar-refractivity contribution in [3.63, 3.8) is 0 Å². The molecule has 1 heterocycles. The van der Waals surface area contributed by atoms with Crippen LogP contribution in [0, 0.1) is 5.82 Å². The van der Waals surface area contributed by atoms with E-state index in [1.807, 2.05) is 53.9 Å². The van der Waals surface area contributed by atoms with Crippen LogP contribution >= 0.6 is 11.3 Å². The molecule has 0 aliphatic carbocycles. The van der Waals surface area contributed by atoms with Crippen molar-refractivity contribution < 1.29 is 14.0 Å². The van der Waals surface area contributed by atoms with E-state index in [0.717, 1.165) is 16.0 Å². The highest BCUT2D eigenvalue weighted by atomic mass is 32.1. The Bertz CT molecular complexity index is 1180. The average molecular weight is 459 g/mol. The first-order valence-corrected chi connectivity index (χ1v) is 11.5. The molecule has 0 unspecified atom stereocenters. The number of halogens is 1. The maximum atomic E-state index is 13.5. The number of rotatable bonds is 8. The van der Waals surface area contributed by atoms with E-state index in [1.54, 1.807) is 36.4 Å². The van der Waals surface area contributed by atoms with E-state index < -0.39 is 12.1 Å². The SMILES string of the molecule is O=C(C[C@H](NC(=O)c1ccccc1)c1ccccc1)N[C@H](c1ccc(F)cc1)c1cccs1. The fourth-order valence-electron chi connectivity index (χ4n) is 3.60. The number of amides is 2. The predicted molar refractivity (Wildman–Crippen MR) is 128 cm³/mol. The lowest BCUT2D eigenvalue weighted by Gasteiger charge is -2.22. The van der Waals surface area contributed by atoms with Gasteiger partial charge in [-0.2, -0.15) is 0 Å². The first-order chi connectivity index (χ1) is 16.1. The van der Waals surface area contributed by atoms with Crippen molar-refractivity contribution in [3.8, 4) is 0 Å². The van der Waals surface area contributed by atoms with Gasteiger partial charge in [-0.1, -0.05) is 66.7 Å². The molecule has 0 aliphatic rings. The maximum absolute atomic E-state index is 13.5. The summed E-state index contributed by atoms with van der Waals surface area (Å²) in [4.78, 5) is 26.9. The van der Waals surface area contributed by atoms with Crippen molar-refractivity contribution in [2.45, 2.75) is 18.5 Å². The van der Waals surface area contributed by atoms with Gasteiger partial charge in [0.2, 0.25) is 5.91 Å². The van der Waals surface area contributed by atoms with Crippen molar-refractivity contribution in [2.75, 3.05) is 0 Å². The summed E-state index contributed by atoms with van der Waals surface area (Å²) in [5.74, 6) is -0.798. The minimum absolute atomic E-state index is 0.0612. The zero-order valence-electron chi connectivity index (χ0n) is 17.8. The molecule has 0 radical (unpaired) electrons. The van der Waals surface area contributed by atoms with E-state index in [9.17, 15) is 14.0 Å². The average Bonchev–Trinajstić information content (AvgIpc) is 3.39. The Balaban J connectivity index is 1.54. The Kier molecular flexibility index (Phi) is 7.27. The van der Waals surface area contributed by atoms with Crippen LogP contribution < -0.4 is 10.6 Å². The Morgan fingerprint density at radius 3 is 2.06 bits per heavy atom. The van der Waals surface area contributed by atoms with Crippen LogP contribution in [0.5, 0.6) is 0 Å². The van der Waals surface area contributed by atoms with Crippen molar-refractivity contribution in [1.82, 2.24) is 10.6 Å². The highest BCUT2D eigenvalue weighted by Crippen LogP contribution is 2.27. The zero-order chi connectivity index (χ0) is 23.0. The minimum atomic E-state index is -0.504. The molecular weight excluding hydrogens is 435 g/mol. The van der Waals surface area contributed by atoms with Crippen molar-refractivity contribution in [3.05, 3.63) is 130 Å². The molecule has 3 aromatic carbocycles. The summed E-state index contributed by atoms with van der Waals surface area (Å²) in [7, 11) is 0. The van der Waals surface area contributed by atoms with Gasteiger partial charge in [0.25, 0.3) is 5.91 Å². The van der Waals surface area contributed by atoms with E-state index in [0.29, 0.717) is 5.56 Å². The molecule has 4 aromatic rings. The molecule has 1 aromatic heterocycles. The first-order valence-electron chi connectivity index (χ1n) is 10.6. The van der Waals surface area contributed by atoms with Gasteiger partial charge in [-0.05, 0) is 46.8 Å². The Hall–Kier alpha value is -3.77. The molecule has 2 amide bonds. The first kappa shape index (κ1) is 22.4. The van der Waals surface area contributed by atoms with Crippen LogP contribution in [0.25, 0.3) is 0 Å². The van der Waals surface area contributed by atoms with Gasteiger partial charge in [-0.25, -0.2) is 4.39 Å². The van der Waals surface area contributed by atoms with Crippen molar-refractivity contribution in [1.29, 1.82) is 0 Å². The lowest BCUT2D eigenvalue weighted by molar-refractivity contribution is -0.122. The second-order valence-electron chi connectivity index (χ2n) is 7.57. The quantitative estimate of drug-likeness (QED) is 0.358. The normalized spacial score (nSPS) is 12.5. The van der Waals surface area contributed by atoms with Crippen LogP contribution in [0.1, 0.15) is 44.9 Å². The molecule has 33 heavy (non-hydrogen) atoms. The second-order valence-corrected chi connectivity index (χ2v) is 8.55. The van der Waals surface area contributed by atoms with Crippen LogP contribution in [0.15, 0.2) is 102 Å². The smallest absolute Gasteiger partial charge is 0.251 e. The molecule has 0 spiro atoms. The molecule has 4 rings (SSSR count). The van der Waals surface area contributed by atoms with Crippen LogP contribution in [-0.4, -0.2) is 11.8 Å². The number of nitrogens with one attached hydrogen (secondary N) is 2. The molecule has 6 heteroatoms. The summed E-state index contributed by atoms with van der Waals surface area (Å²) in [6, 6.07) is 27.4. The largest absolute Gasteiger partial charge is 0.345 e. The third-order valence-electron chi connectivity index (χ3n) is 5.27. The van der Waals surface area contributed by atoms with Gasteiger partial charge < -0.3 is 10.6 Å². The maximum Gasteiger partial charge on any atom is 0.251 e. The van der Waals surface area contributed by atoms with Gasteiger partial charge in [0.1, 0.15) is 5.82 Å². The standard InChI is InChI=1S/C27H23FN2O2S/c28-22-15-13-20(14-16-22)26(24-12-7-17-33-24)30-25(31)18-23(19-8-3-1-4-9-19)29-27(32)21-10-5-2-6-11-21/h1-17,23,26H,18H2,(H,29,32)(H,30,31)/t23-,26+/m0/s1. The molecule has 0 bridgehead atoms. The van der Waals surface area contributed by atoms with Gasteiger partial charge in [-0.15, -0.1) is 11.3 Å². The third kappa shape index (κ3) is 5.93. The second kappa shape index (κ2) is 10.7. The minimum Gasteiger partial charge on any atom is -0.345 e. The van der Waals surface area contributed by atoms with Gasteiger partial charge in [0.15, 0.2) is 0 Å². The molecule has 0 saturated heterocycles. The summed E-state index contributed by atoms with van der Waals surface area (Å²) in [5, 5.41) is 7.99. The van der Waals surface area contributed by atoms with Gasteiger partial charge >= 0.3 is 0 Å². The van der Waals surface area contributed by atoms with E-state index in [-0.39, 0.29) is 24.1 Å². The fraction of sp³-hybridized carbons (Fsp3) is 0.111. The fourth-order valence-corrected chi connectivity index (χ4v) is 4.41. The molecule has 0 aliphatic heterocycles. The van der Waals surface area contributed by atoms with E-state index in [2.05, 4.69) is 10.6 Å². The summed E-state index contributed by atoms with van der Waals surface area (Å²) in [6.07, 6.45) is 0.0612. The summed E-state index contributed by atoms with van der Waals surface area (Å²) in [5.41, 5.74) is 2.16. The van der Waals surface area contributed by atoms with E-state index in [1.165, 1.54) is 23.5 Å². The highest BCUT2D eigenvalue weighted by Gasteiger charge is 2.23. The third-order valence-corrected chi connectivity index (χ3v) is 6.21. The van der Waals surface area contributed by atoms with Crippen LogP contribution in [0.3, 0.4) is 0 Å². The predicted octanol–water partition coefficient (Wildman–Crippen LogP) is 5.65. The lowest BCUT2D eigenvalue weighted by atomic mass is 10.0. The Morgan fingerprint density at radius 1 is 0.758 bits per heavy atom. The number of hydrogen-bond donors (Lipinski definition) is 2. The van der Waals surface area contributed by atoms with Crippen LogP contribution in [0.2, 0.25) is 0 Å². The molecular formula is C27H23FN2O2S. The van der Waals surface area contributed by atoms with Gasteiger partial charge in [0, 0.05) is 10.4 Å². The number of carbonyl (C=O) groups is 2. The van der Waals surface area contributed by atoms with Crippen LogP contribution in [-0.2, 0) is 4.79 Å². The van der Waals surface area contributed by atoms with Gasteiger partial charge in [0.05, 0.1) is 18.5 Å². The molecule has 2 N–H and O–H groups in total. The number of hydrogen-bond acceptors (Lipinski definition) is 3. The Morgan fingerprint density at radius 2 is 1.42 bits per heavy atom. The van der Waals surface area contributed by atoms with Gasteiger partial charge in [-0.3, -0.25) is 9.59 Å². The molecule has 2 atom stereocenters. The molecule has 0 fully saturated rings. The van der Waals surface area contributed by atoms with E-state index in [4.69, 9.17) is 0 Å². The number of thiophene rings is 1. The molecule has 0 saturated carbocycles. The van der Waals surface area contributed by atoms with Crippen molar-refractivity contribution >= 4 is 23.2 Å². The molecule has 166 valence electrons. The summed E-state index contributed by atoms with van der Waals surface area (Å²) < 4.78 is 13.5. The lowest BCUT2D eigenvalue weighted by Crippen LogP contribution is -2.35.